The molecular weight excluding hydrogens is 240 g/mol. The minimum Gasteiger partial charge on any atom is -0.481 e. The molecule has 19 heavy (non-hydrogen) atoms. The molecule has 0 radical (unpaired) electrons. The van der Waals surface area contributed by atoms with E-state index in [0.717, 1.165) is 19.3 Å². The van der Waals surface area contributed by atoms with Crippen LogP contribution >= 0.6 is 0 Å². The molecule has 1 aliphatic heterocycles. The second-order valence-corrected chi connectivity index (χ2v) is 6.78. The Hall–Kier alpha value is -0.570. The van der Waals surface area contributed by atoms with Gasteiger partial charge in [-0.15, -0.1) is 0 Å². The first-order chi connectivity index (χ1) is 9.20. The molecular formula is C16H26O3. The van der Waals surface area contributed by atoms with Gasteiger partial charge >= 0.3 is 5.97 Å². The summed E-state index contributed by atoms with van der Waals surface area (Å²) in [4.78, 5) is 12.1. The lowest BCUT2D eigenvalue weighted by atomic mass is 9.59. The highest BCUT2D eigenvalue weighted by atomic mass is 16.5. The topological polar surface area (TPSA) is 46.5 Å². The zero-order valence-electron chi connectivity index (χ0n) is 11.9. The quantitative estimate of drug-likeness (QED) is 0.847. The van der Waals surface area contributed by atoms with Crippen molar-refractivity contribution < 1.29 is 14.6 Å². The second kappa shape index (κ2) is 5.08. The summed E-state index contributed by atoms with van der Waals surface area (Å²) in [5.74, 6) is 0.884. The number of carboxylic acid groups (broad SMARTS) is 1. The van der Waals surface area contributed by atoms with Crippen molar-refractivity contribution in [2.24, 2.45) is 23.2 Å². The third-order valence-electron chi connectivity index (χ3n) is 5.86. The highest BCUT2D eigenvalue weighted by Crippen LogP contribution is 2.56. The minimum atomic E-state index is -0.577. The largest absolute Gasteiger partial charge is 0.481 e. The summed E-state index contributed by atoms with van der Waals surface area (Å²) >= 11 is 0. The molecule has 3 nitrogen and oxygen atoms in total. The van der Waals surface area contributed by atoms with Crippen LogP contribution in [-0.2, 0) is 9.53 Å². The molecule has 3 fully saturated rings. The Labute approximate surface area is 115 Å². The van der Waals surface area contributed by atoms with E-state index in [9.17, 15) is 9.90 Å². The van der Waals surface area contributed by atoms with Gasteiger partial charge in [-0.25, -0.2) is 0 Å². The minimum absolute atomic E-state index is 0.00199. The van der Waals surface area contributed by atoms with E-state index in [-0.39, 0.29) is 6.10 Å². The number of hydrogen-bond acceptors (Lipinski definition) is 2. The Balaban J connectivity index is 1.92. The number of carbonyl (C=O) groups is 1. The molecule has 0 aromatic heterocycles. The molecule has 0 bridgehead atoms. The molecule has 0 amide bonds. The van der Waals surface area contributed by atoms with E-state index < -0.39 is 11.4 Å². The van der Waals surface area contributed by atoms with Gasteiger partial charge in [0.15, 0.2) is 0 Å². The molecule has 2 aliphatic carbocycles. The standard InChI is InChI=1S/C16H26O3/c1-2-11-5-3-4-6-13(11)16(15(17)18)9-10-19-14(16)12-7-8-12/h11-14H,2-10H2,1H3,(H,17,18). The Morgan fingerprint density at radius 2 is 2.00 bits per heavy atom. The number of rotatable bonds is 4. The predicted molar refractivity (Wildman–Crippen MR) is 72.9 cm³/mol. The maximum atomic E-state index is 12.1. The fraction of sp³-hybridized carbons (Fsp3) is 0.938. The third kappa shape index (κ3) is 2.10. The normalized spacial score (nSPS) is 43.3. The van der Waals surface area contributed by atoms with Gasteiger partial charge < -0.3 is 9.84 Å². The van der Waals surface area contributed by atoms with Gasteiger partial charge in [0.25, 0.3) is 0 Å². The molecule has 3 aliphatic rings. The summed E-state index contributed by atoms with van der Waals surface area (Å²) in [6.45, 7) is 2.88. The van der Waals surface area contributed by atoms with Crippen LogP contribution in [0.2, 0.25) is 0 Å². The number of carboxylic acids is 1. The van der Waals surface area contributed by atoms with Crippen LogP contribution in [0, 0.1) is 23.2 Å². The maximum absolute atomic E-state index is 12.1. The van der Waals surface area contributed by atoms with Crippen molar-refractivity contribution in [3.63, 3.8) is 0 Å². The molecule has 108 valence electrons. The van der Waals surface area contributed by atoms with Gasteiger partial charge in [-0.2, -0.15) is 0 Å². The lowest BCUT2D eigenvalue weighted by molar-refractivity contribution is -0.162. The number of aliphatic carboxylic acids is 1. The molecule has 2 saturated carbocycles. The summed E-state index contributed by atoms with van der Waals surface area (Å²) in [5.41, 5.74) is -0.567. The summed E-state index contributed by atoms with van der Waals surface area (Å²) in [6.07, 6.45) is 8.99. The van der Waals surface area contributed by atoms with Crippen LogP contribution in [0.5, 0.6) is 0 Å². The molecule has 0 spiro atoms. The summed E-state index contributed by atoms with van der Waals surface area (Å²) < 4.78 is 5.92. The highest BCUT2D eigenvalue weighted by molar-refractivity contribution is 5.76. The summed E-state index contributed by atoms with van der Waals surface area (Å²) in [7, 11) is 0. The number of hydrogen-bond donors (Lipinski definition) is 1. The maximum Gasteiger partial charge on any atom is 0.312 e. The Bertz CT molecular complexity index is 350. The molecule has 0 aromatic rings. The molecule has 1 saturated heterocycles. The van der Waals surface area contributed by atoms with Crippen LogP contribution in [0.1, 0.15) is 58.3 Å². The van der Waals surface area contributed by atoms with Crippen molar-refractivity contribution in [3.8, 4) is 0 Å². The SMILES string of the molecule is CCC1CCCCC1C1(C(=O)O)CCOC1C1CC1. The first kappa shape index (κ1) is 13.4. The smallest absolute Gasteiger partial charge is 0.312 e. The highest BCUT2D eigenvalue weighted by Gasteiger charge is 2.60. The van der Waals surface area contributed by atoms with Crippen molar-refractivity contribution in [1.29, 1.82) is 0 Å². The van der Waals surface area contributed by atoms with Crippen LogP contribution in [0.4, 0.5) is 0 Å². The van der Waals surface area contributed by atoms with Gasteiger partial charge in [-0.1, -0.05) is 32.6 Å². The van der Waals surface area contributed by atoms with E-state index in [1.54, 1.807) is 0 Å². The van der Waals surface area contributed by atoms with Crippen molar-refractivity contribution in [1.82, 2.24) is 0 Å². The average molecular weight is 266 g/mol. The van der Waals surface area contributed by atoms with Gasteiger partial charge in [0.1, 0.15) is 0 Å². The molecule has 1 N–H and O–H groups in total. The molecule has 3 heteroatoms. The second-order valence-electron chi connectivity index (χ2n) is 6.78. The van der Waals surface area contributed by atoms with Crippen LogP contribution in [0.3, 0.4) is 0 Å². The van der Waals surface area contributed by atoms with Crippen molar-refractivity contribution in [3.05, 3.63) is 0 Å². The van der Waals surface area contributed by atoms with Crippen LogP contribution in [0.15, 0.2) is 0 Å². The first-order valence-corrected chi connectivity index (χ1v) is 8.05. The fourth-order valence-corrected chi connectivity index (χ4v) is 4.76. The molecule has 3 rings (SSSR count). The fourth-order valence-electron chi connectivity index (χ4n) is 4.76. The van der Waals surface area contributed by atoms with Crippen molar-refractivity contribution >= 4 is 5.97 Å². The van der Waals surface area contributed by atoms with Crippen LogP contribution in [-0.4, -0.2) is 23.8 Å². The predicted octanol–water partition coefficient (Wildman–Crippen LogP) is 3.47. The molecule has 4 atom stereocenters. The molecule has 4 unspecified atom stereocenters. The van der Waals surface area contributed by atoms with Gasteiger partial charge in [-0.3, -0.25) is 4.79 Å². The lowest BCUT2D eigenvalue weighted by Gasteiger charge is -2.44. The van der Waals surface area contributed by atoms with Crippen molar-refractivity contribution in [2.75, 3.05) is 6.61 Å². The summed E-state index contributed by atoms with van der Waals surface area (Å²) in [5, 5.41) is 10.00. The van der Waals surface area contributed by atoms with E-state index in [1.807, 2.05) is 0 Å². The van der Waals surface area contributed by atoms with E-state index >= 15 is 0 Å². The van der Waals surface area contributed by atoms with Gasteiger partial charge in [0.05, 0.1) is 11.5 Å². The first-order valence-electron chi connectivity index (χ1n) is 8.05. The Morgan fingerprint density at radius 1 is 1.26 bits per heavy atom. The van der Waals surface area contributed by atoms with Gasteiger partial charge in [0.2, 0.25) is 0 Å². The zero-order chi connectivity index (χ0) is 13.5. The monoisotopic (exact) mass is 266 g/mol. The Kier molecular flexibility index (Phi) is 3.59. The van der Waals surface area contributed by atoms with E-state index in [1.165, 1.54) is 32.1 Å². The Morgan fingerprint density at radius 3 is 2.63 bits per heavy atom. The van der Waals surface area contributed by atoms with Gasteiger partial charge in [-0.05, 0) is 43.4 Å². The molecule has 1 heterocycles. The number of ether oxygens (including phenoxy) is 1. The molecule has 0 aromatic carbocycles. The van der Waals surface area contributed by atoms with Crippen LogP contribution < -0.4 is 0 Å². The van der Waals surface area contributed by atoms with Crippen LogP contribution in [0.25, 0.3) is 0 Å². The zero-order valence-corrected chi connectivity index (χ0v) is 11.9. The average Bonchev–Trinajstić information content (AvgIpc) is 3.17. The van der Waals surface area contributed by atoms with E-state index in [4.69, 9.17) is 4.74 Å². The summed E-state index contributed by atoms with van der Waals surface area (Å²) in [6, 6.07) is 0. The van der Waals surface area contributed by atoms with E-state index in [2.05, 4.69) is 6.92 Å². The third-order valence-corrected chi connectivity index (χ3v) is 5.86. The lowest BCUT2D eigenvalue weighted by Crippen LogP contribution is -2.49. The van der Waals surface area contributed by atoms with Crippen molar-refractivity contribution in [2.45, 2.75) is 64.4 Å². The van der Waals surface area contributed by atoms with Gasteiger partial charge in [0, 0.05) is 6.61 Å². The van der Waals surface area contributed by atoms with E-state index in [0.29, 0.717) is 24.4 Å².